The van der Waals surface area contributed by atoms with E-state index >= 15 is 0 Å². The SMILES string of the molecule is COc1ccc(/C=C/C(=O)c2cc(OC)c(OC)c(OC)c2)cc1OCCCCN1CCN(CCCCOc2ccc(-c3nc4ccccc4s3)cc2)CC1. The minimum absolute atomic E-state index is 0.191. The number of carbonyl (C=O) groups excluding carboxylic acids is 1. The number of thiazole rings is 1. The highest BCUT2D eigenvalue weighted by Gasteiger charge is 2.17. The van der Waals surface area contributed by atoms with Gasteiger partial charge in [0.1, 0.15) is 10.8 Å². The van der Waals surface area contributed by atoms with Crippen LogP contribution in [0.25, 0.3) is 26.9 Å². The maximum Gasteiger partial charge on any atom is 0.203 e. The zero-order valence-electron chi connectivity index (χ0n) is 32.3. The summed E-state index contributed by atoms with van der Waals surface area (Å²) in [6.45, 7) is 7.87. The van der Waals surface area contributed by atoms with Gasteiger partial charge in [-0.1, -0.05) is 24.3 Å². The molecule has 1 aliphatic heterocycles. The zero-order chi connectivity index (χ0) is 38.4. The lowest BCUT2D eigenvalue weighted by Gasteiger charge is -2.34. The number of hydrogen-bond acceptors (Lipinski definition) is 11. The monoisotopic (exact) mass is 765 g/mol. The van der Waals surface area contributed by atoms with Crippen LogP contribution in [0.15, 0.2) is 84.9 Å². The van der Waals surface area contributed by atoms with E-state index in [0.717, 1.165) is 99.0 Å². The molecule has 10 nitrogen and oxygen atoms in total. The summed E-state index contributed by atoms with van der Waals surface area (Å²) >= 11 is 1.72. The smallest absolute Gasteiger partial charge is 0.203 e. The van der Waals surface area contributed by atoms with E-state index in [4.69, 9.17) is 33.4 Å². The maximum atomic E-state index is 13.0. The lowest BCUT2D eigenvalue weighted by molar-refractivity contribution is 0.104. The van der Waals surface area contributed by atoms with Crippen molar-refractivity contribution in [2.75, 3.05) is 80.9 Å². The molecule has 0 aliphatic carbocycles. The van der Waals surface area contributed by atoms with Crippen LogP contribution in [0.4, 0.5) is 0 Å². The van der Waals surface area contributed by atoms with Crippen LogP contribution in [0, 0.1) is 0 Å². The van der Waals surface area contributed by atoms with Crippen molar-refractivity contribution in [2.45, 2.75) is 25.7 Å². The van der Waals surface area contributed by atoms with Gasteiger partial charge in [0.05, 0.1) is 51.9 Å². The number of benzene rings is 4. The van der Waals surface area contributed by atoms with Crippen molar-refractivity contribution in [3.63, 3.8) is 0 Å². The van der Waals surface area contributed by atoms with Crippen molar-refractivity contribution < 1.29 is 33.2 Å². The normalized spacial score (nSPS) is 13.6. The predicted octanol–water partition coefficient (Wildman–Crippen LogP) is 8.53. The number of rotatable bonds is 20. The van der Waals surface area contributed by atoms with Crippen LogP contribution in [-0.2, 0) is 0 Å². The standard InChI is InChI=1S/C44H51N3O7S/c1-49-38-20-14-32(13-19-37(48)34-30-40(50-2)43(52-4)41(31-34)51-3)29-39(38)54-28-10-8-22-47-25-23-46(24-26-47)21-7-9-27-53-35-17-15-33(16-18-35)44-45-36-11-5-6-12-42(36)55-44/h5-6,11-20,29-31H,7-10,21-28H2,1-4H3/b19-13+. The molecule has 1 saturated heterocycles. The molecule has 1 aromatic heterocycles. The van der Waals surface area contributed by atoms with Crippen molar-refractivity contribution in [2.24, 2.45) is 0 Å². The fourth-order valence-electron chi connectivity index (χ4n) is 6.57. The summed E-state index contributed by atoms with van der Waals surface area (Å²) in [5.74, 6) is 3.32. The molecule has 5 aromatic rings. The summed E-state index contributed by atoms with van der Waals surface area (Å²) in [6.07, 6.45) is 7.45. The molecule has 4 aromatic carbocycles. The summed E-state index contributed by atoms with van der Waals surface area (Å²) in [6, 6.07) is 25.5. The summed E-state index contributed by atoms with van der Waals surface area (Å²) < 4.78 is 35.1. The van der Waals surface area contributed by atoms with E-state index in [0.29, 0.717) is 40.9 Å². The minimum Gasteiger partial charge on any atom is -0.494 e. The number of unbranched alkanes of at least 4 members (excludes halogenated alkanes) is 2. The zero-order valence-corrected chi connectivity index (χ0v) is 33.1. The molecular formula is C44H51N3O7S. The van der Waals surface area contributed by atoms with E-state index in [1.54, 1.807) is 36.7 Å². The molecule has 0 unspecified atom stereocenters. The van der Waals surface area contributed by atoms with E-state index in [9.17, 15) is 4.79 Å². The first-order valence-corrected chi connectivity index (χ1v) is 19.7. The molecule has 1 fully saturated rings. The molecule has 1 aliphatic rings. The Morgan fingerprint density at radius 3 is 1.95 bits per heavy atom. The van der Waals surface area contributed by atoms with E-state index in [-0.39, 0.29) is 5.78 Å². The number of hydrogen-bond donors (Lipinski definition) is 0. The number of fused-ring (bicyclic) bond motifs is 1. The van der Waals surface area contributed by atoms with E-state index in [1.165, 1.54) is 32.1 Å². The molecule has 0 spiro atoms. The molecule has 11 heteroatoms. The Morgan fingerprint density at radius 1 is 0.691 bits per heavy atom. The second-order valence-corrected chi connectivity index (χ2v) is 14.4. The van der Waals surface area contributed by atoms with Gasteiger partial charge in [0.15, 0.2) is 28.8 Å². The number of para-hydroxylation sites is 1. The lowest BCUT2D eigenvalue weighted by atomic mass is 10.1. The second-order valence-electron chi connectivity index (χ2n) is 13.3. The van der Waals surface area contributed by atoms with Gasteiger partial charge in [0.2, 0.25) is 5.75 Å². The first kappa shape index (κ1) is 39.6. The van der Waals surface area contributed by atoms with Crippen LogP contribution >= 0.6 is 11.3 Å². The quantitative estimate of drug-likeness (QED) is 0.0436. The van der Waals surface area contributed by atoms with Gasteiger partial charge in [0.25, 0.3) is 0 Å². The summed E-state index contributed by atoms with van der Waals surface area (Å²) in [5, 5.41) is 1.04. The third-order valence-electron chi connectivity index (χ3n) is 9.69. The Bertz CT molecular complexity index is 1960. The van der Waals surface area contributed by atoms with E-state index in [1.807, 2.05) is 36.4 Å². The largest absolute Gasteiger partial charge is 0.494 e. The van der Waals surface area contributed by atoms with Crippen LogP contribution in [0.1, 0.15) is 41.6 Å². The number of methoxy groups -OCH3 is 4. The van der Waals surface area contributed by atoms with Gasteiger partial charge < -0.3 is 38.2 Å². The van der Waals surface area contributed by atoms with Crippen LogP contribution < -0.4 is 28.4 Å². The number of piperazine rings is 1. The number of nitrogens with zero attached hydrogens (tertiary/aromatic N) is 3. The Morgan fingerprint density at radius 2 is 1.33 bits per heavy atom. The van der Waals surface area contributed by atoms with Gasteiger partial charge in [-0.05, 0) is 111 Å². The van der Waals surface area contributed by atoms with Gasteiger partial charge >= 0.3 is 0 Å². The fraction of sp³-hybridized carbons (Fsp3) is 0.364. The van der Waals surface area contributed by atoms with Crippen molar-refractivity contribution in [3.05, 3.63) is 96.1 Å². The van der Waals surface area contributed by atoms with Gasteiger partial charge in [-0.2, -0.15) is 0 Å². The molecule has 0 N–H and O–H groups in total. The van der Waals surface area contributed by atoms with E-state index < -0.39 is 0 Å². The van der Waals surface area contributed by atoms with Crippen molar-refractivity contribution in [1.82, 2.24) is 14.8 Å². The molecular weight excluding hydrogens is 715 g/mol. The van der Waals surface area contributed by atoms with E-state index in [2.05, 4.69) is 40.1 Å². The molecule has 2 heterocycles. The molecule has 6 rings (SSSR count). The van der Waals surface area contributed by atoms with Crippen molar-refractivity contribution in [3.8, 4) is 45.1 Å². The molecule has 0 amide bonds. The molecule has 290 valence electrons. The highest BCUT2D eigenvalue weighted by molar-refractivity contribution is 7.21. The topological polar surface area (TPSA) is 91.8 Å². The Hall–Kier alpha value is -5.10. The van der Waals surface area contributed by atoms with Crippen molar-refractivity contribution >= 4 is 33.4 Å². The summed E-state index contributed by atoms with van der Waals surface area (Å²) in [7, 11) is 6.20. The van der Waals surface area contributed by atoms with Crippen molar-refractivity contribution in [1.29, 1.82) is 0 Å². The van der Waals surface area contributed by atoms with Gasteiger partial charge in [-0.25, -0.2) is 4.98 Å². The molecule has 55 heavy (non-hydrogen) atoms. The second kappa shape index (κ2) is 20.0. The van der Waals surface area contributed by atoms with Gasteiger partial charge in [-0.15, -0.1) is 11.3 Å². The maximum absolute atomic E-state index is 13.0. The molecule has 0 atom stereocenters. The first-order chi connectivity index (χ1) is 27.0. The number of aromatic nitrogens is 1. The Kier molecular flexibility index (Phi) is 14.4. The molecule has 0 saturated carbocycles. The third-order valence-corrected chi connectivity index (χ3v) is 10.8. The van der Waals surface area contributed by atoms with Crippen LogP contribution in [0.5, 0.6) is 34.5 Å². The number of carbonyl (C=O) groups is 1. The Labute approximate surface area is 328 Å². The molecule has 0 bridgehead atoms. The first-order valence-electron chi connectivity index (χ1n) is 18.8. The van der Waals surface area contributed by atoms with Crippen LogP contribution in [0.2, 0.25) is 0 Å². The van der Waals surface area contributed by atoms with Crippen LogP contribution in [0.3, 0.4) is 0 Å². The highest BCUT2D eigenvalue weighted by atomic mass is 32.1. The Balaban J connectivity index is 0.851. The van der Waals surface area contributed by atoms with Gasteiger partial charge in [-0.3, -0.25) is 4.79 Å². The third kappa shape index (κ3) is 10.8. The predicted molar refractivity (Wildman–Crippen MR) is 220 cm³/mol. The van der Waals surface area contributed by atoms with Crippen LogP contribution in [-0.4, -0.2) is 101 Å². The molecule has 0 radical (unpaired) electrons. The average Bonchev–Trinajstić information content (AvgIpc) is 3.67. The summed E-state index contributed by atoms with van der Waals surface area (Å²) in [5.41, 5.74) is 3.43. The minimum atomic E-state index is -0.191. The van der Waals surface area contributed by atoms with Gasteiger partial charge in [0, 0.05) is 37.3 Å². The number of ether oxygens (including phenoxy) is 6. The lowest BCUT2D eigenvalue weighted by Crippen LogP contribution is -2.46. The highest BCUT2D eigenvalue weighted by Crippen LogP contribution is 2.38. The summed E-state index contributed by atoms with van der Waals surface area (Å²) in [4.78, 5) is 22.9. The number of allylic oxidation sites excluding steroid dienone is 1. The number of ketones is 1. The average molecular weight is 766 g/mol. The fourth-order valence-corrected chi connectivity index (χ4v) is 7.55.